The number of rotatable bonds is 0. The minimum atomic E-state index is 0.560. The van der Waals surface area contributed by atoms with Crippen LogP contribution in [0, 0.1) is 62.6 Å². The molecule has 0 aromatic carbocycles. The molecule has 0 saturated heterocycles. The first-order chi connectivity index (χ1) is 13.9. The van der Waals surface area contributed by atoms with E-state index in [1.807, 2.05) is 0 Å². The molecule has 10 atom stereocenters. The quantitative estimate of drug-likeness (QED) is 0.372. The van der Waals surface area contributed by atoms with Gasteiger partial charge in [0.15, 0.2) is 0 Å². The van der Waals surface area contributed by atoms with Crippen molar-refractivity contribution in [2.24, 2.45) is 62.6 Å². The second-order valence-corrected chi connectivity index (χ2v) is 15.1. The van der Waals surface area contributed by atoms with Crippen LogP contribution in [0.2, 0.25) is 0 Å². The smallest absolute Gasteiger partial charge is 0.0235 e. The summed E-state index contributed by atoms with van der Waals surface area (Å²) < 4.78 is 0. The van der Waals surface area contributed by atoms with Gasteiger partial charge in [0.05, 0.1) is 0 Å². The van der Waals surface area contributed by atoms with E-state index in [2.05, 4.69) is 55.4 Å². The van der Waals surface area contributed by atoms with Crippen molar-refractivity contribution < 1.29 is 0 Å². The van der Waals surface area contributed by atoms with E-state index < -0.39 is 0 Å². The summed E-state index contributed by atoms with van der Waals surface area (Å²) in [5.74, 6) is 5.74. The third-order valence-corrected chi connectivity index (χ3v) is 13.8. The lowest BCUT2D eigenvalue weighted by Gasteiger charge is -2.73. The Labute approximate surface area is 188 Å². The van der Waals surface area contributed by atoms with Gasteiger partial charge in [0.2, 0.25) is 0 Å². The van der Waals surface area contributed by atoms with E-state index in [0.29, 0.717) is 27.1 Å². The second kappa shape index (κ2) is 6.53. The van der Waals surface area contributed by atoms with Crippen LogP contribution < -0.4 is 0 Å². The van der Waals surface area contributed by atoms with Gasteiger partial charge in [0.1, 0.15) is 0 Å². The first-order valence-electron chi connectivity index (χ1n) is 13.9. The summed E-state index contributed by atoms with van der Waals surface area (Å²) in [6.45, 7) is 21.5. The lowest BCUT2D eigenvalue weighted by molar-refractivity contribution is -0.247. The Kier molecular flexibility index (Phi) is 4.75. The molecule has 172 valence electrons. The molecule has 30 heavy (non-hydrogen) atoms. The molecule has 0 heteroatoms. The molecular weight excluding hydrogens is 360 g/mol. The Balaban J connectivity index is 1.54. The van der Waals surface area contributed by atoms with Gasteiger partial charge >= 0.3 is 0 Å². The highest BCUT2D eigenvalue weighted by Gasteiger charge is 2.69. The zero-order chi connectivity index (χ0) is 21.7. The Hall–Kier alpha value is 0. The average molecular weight is 413 g/mol. The highest BCUT2D eigenvalue weighted by molar-refractivity contribution is 5.17. The van der Waals surface area contributed by atoms with E-state index in [9.17, 15) is 0 Å². The van der Waals surface area contributed by atoms with E-state index in [1.165, 1.54) is 70.6 Å². The normalized spacial score (nSPS) is 60.0. The molecule has 0 nitrogen and oxygen atoms in total. The van der Waals surface area contributed by atoms with Crippen LogP contribution in [-0.4, -0.2) is 0 Å². The lowest BCUT2D eigenvalue weighted by Crippen LogP contribution is -2.66. The number of hydrogen-bond donors (Lipinski definition) is 0. The Morgan fingerprint density at radius 3 is 2.07 bits per heavy atom. The van der Waals surface area contributed by atoms with Crippen molar-refractivity contribution in [3.05, 3.63) is 0 Å². The largest absolute Gasteiger partial charge is 0.0622 e. The van der Waals surface area contributed by atoms with Gasteiger partial charge in [-0.15, -0.1) is 0 Å². The zero-order valence-electron chi connectivity index (χ0n) is 21.7. The predicted octanol–water partition coefficient (Wildman–Crippen LogP) is 9.13. The molecule has 0 radical (unpaired) electrons. The van der Waals surface area contributed by atoms with E-state index >= 15 is 0 Å². The Morgan fingerprint density at radius 1 is 0.600 bits per heavy atom. The van der Waals surface area contributed by atoms with Gasteiger partial charge in [-0.1, -0.05) is 61.8 Å². The summed E-state index contributed by atoms with van der Waals surface area (Å²) in [5.41, 5.74) is 2.92. The Bertz CT molecular complexity index is 690. The van der Waals surface area contributed by atoms with Crippen LogP contribution in [0.1, 0.15) is 126 Å². The van der Waals surface area contributed by atoms with Crippen molar-refractivity contribution in [2.75, 3.05) is 0 Å². The molecule has 0 spiro atoms. The molecule has 0 aliphatic heterocycles. The molecule has 10 unspecified atom stereocenters. The summed E-state index contributed by atoms with van der Waals surface area (Å²) in [4.78, 5) is 0. The monoisotopic (exact) mass is 412 g/mol. The number of fused-ring (bicyclic) bond motifs is 7. The third-order valence-electron chi connectivity index (χ3n) is 13.8. The lowest BCUT2D eigenvalue weighted by atomic mass is 9.31. The highest BCUT2D eigenvalue weighted by Crippen LogP contribution is 2.76. The molecule has 0 aromatic heterocycles. The summed E-state index contributed by atoms with van der Waals surface area (Å²) in [6, 6.07) is 0. The van der Waals surface area contributed by atoms with Crippen LogP contribution in [0.4, 0.5) is 0 Å². The summed E-state index contributed by atoms with van der Waals surface area (Å²) in [7, 11) is 0. The molecule has 5 rings (SSSR count). The number of hydrogen-bond acceptors (Lipinski definition) is 0. The molecule has 5 saturated carbocycles. The maximum Gasteiger partial charge on any atom is -0.0235 e. The Morgan fingerprint density at radius 2 is 1.33 bits per heavy atom. The first-order valence-corrected chi connectivity index (χ1v) is 13.9. The molecule has 0 aromatic rings. The molecule has 5 aliphatic rings. The van der Waals surface area contributed by atoms with Crippen LogP contribution in [-0.2, 0) is 0 Å². The molecule has 5 fully saturated rings. The van der Waals surface area contributed by atoms with Gasteiger partial charge in [0, 0.05) is 0 Å². The van der Waals surface area contributed by atoms with E-state index in [1.54, 1.807) is 0 Å². The van der Waals surface area contributed by atoms with Crippen LogP contribution in [0.3, 0.4) is 0 Å². The maximum atomic E-state index is 2.81. The highest BCUT2D eigenvalue weighted by atomic mass is 14.7. The predicted molar refractivity (Wildman–Crippen MR) is 129 cm³/mol. The standard InChI is InChI=1S/C30H52/c1-20-12-16-27(5)18-19-29(7)22(25(27)21(20)2)10-11-24-28(6)15-9-14-26(3,4)23(28)13-17-30(24,29)8/h20-25H,9-19H2,1-8H3. The van der Waals surface area contributed by atoms with Crippen molar-refractivity contribution in [1.29, 1.82) is 0 Å². The van der Waals surface area contributed by atoms with E-state index in [-0.39, 0.29) is 0 Å². The van der Waals surface area contributed by atoms with E-state index in [4.69, 9.17) is 0 Å². The SMILES string of the molecule is CC1CCC2(C)CCC3(C)C(CCC4C5(C)CCCC(C)(C)C5CCC43C)C2C1C. The van der Waals surface area contributed by atoms with Crippen molar-refractivity contribution in [3.63, 3.8) is 0 Å². The molecule has 0 amide bonds. The van der Waals surface area contributed by atoms with Gasteiger partial charge in [-0.25, -0.2) is 0 Å². The van der Waals surface area contributed by atoms with Gasteiger partial charge in [0.25, 0.3) is 0 Å². The van der Waals surface area contributed by atoms with Crippen molar-refractivity contribution in [3.8, 4) is 0 Å². The first kappa shape index (κ1) is 21.8. The van der Waals surface area contributed by atoms with Crippen LogP contribution in [0.15, 0.2) is 0 Å². The fourth-order valence-electron chi connectivity index (χ4n) is 11.8. The fraction of sp³-hybridized carbons (Fsp3) is 1.00. The van der Waals surface area contributed by atoms with Gasteiger partial charge < -0.3 is 0 Å². The molecule has 5 aliphatic carbocycles. The molecular formula is C30H52. The van der Waals surface area contributed by atoms with Gasteiger partial charge in [-0.3, -0.25) is 0 Å². The second-order valence-electron chi connectivity index (χ2n) is 15.1. The van der Waals surface area contributed by atoms with Crippen LogP contribution in [0.25, 0.3) is 0 Å². The topological polar surface area (TPSA) is 0 Å². The minimum absolute atomic E-state index is 0.560. The van der Waals surface area contributed by atoms with Gasteiger partial charge in [-0.05, 0) is 127 Å². The molecule has 0 heterocycles. The van der Waals surface area contributed by atoms with Gasteiger partial charge in [-0.2, -0.15) is 0 Å². The summed E-state index contributed by atoms with van der Waals surface area (Å²) >= 11 is 0. The van der Waals surface area contributed by atoms with Crippen LogP contribution in [0.5, 0.6) is 0 Å². The van der Waals surface area contributed by atoms with Crippen LogP contribution >= 0.6 is 0 Å². The minimum Gasteiger partial charge on any atom is -0.0622 e. The fourth-order valence-corrected chi connectivity index (χ4v) is 11.8. The average Bonchev–Trinajstić information content (AvgIpc) is 2.65. The van der Waals surface area contributed by atoms with Crippen molar-refractivity contribution >= 4 is 0 Å². The maximum absolute atomic E-state index is 2.81. The molecule has 0 bridgehead atoms. The summed E-state index contributed by atoms with van der Waals surface area (Å²) in [5, 5.41) is 0. The molecule has 0 N–H and O–H groups in total. The van der Waals surface area contributed by atoms with Crippen molar-refractivity contribution in [2.45, 2.75) is 126 Å². The zero-order valence-corrected chi connectivity index (χ0v) is 21.7. The summed E-state index contributed by atoms with van der Waals surface area (Å²) in [6.07, 6.45) is 16.6. The van der Waals surface area contributed by atoms with E-state index in [0.717, 1.165) is 35.5 Å². The van der Waals surface area contributed by atoms with Crippen molar-refractivity contribution in [1.82, 2.24) is 0 Å². The third kappa shape index (κ3) is 2.58.